The van der Waals surface area contributed by atoms with Crippen molar-refractivity contribution in [3.8, 4) is 0 Å². The average Bonchev–Trinajstić information content (AvgIpc) is 2.93. The number of urea groups is 1. The van der Waals surface area contributed by atoms with E-state index in [0.717, 1.165) is 35.1 Å². The van der Waals surface area contributed by atoms with Crippen LogP contribution in [0.15, 0.2) is 30.3 Å². The molecule has 2 heterocycles. The Bertz CT molecular complexity index is 995. The summed E-state index contributed by atoms with van der Waals surface area (Å²) in [5.74, 6) is -0.966. The number of esters is 1. The van der Waals surface area contributed by atoms with Gasteiger partial charge in [-0.3, -0.25) is 14.5 Å². The molecule has 1 saturated heterocycles. The van der Waals surface area contributed by atoms with Crippen molar-refractivity contribution in [1.82, 2.24) is 15.2 Å². The van der Waals surface area contributed by atoms with Gasteiger partial charge in [0, 0.05) is 10.9 Å². The van der Waals surface area contributed by atoms with Crippen molar-refractivity contribution in [2.24, 2.45) is 5.92 Å². The number of fused-ring (bicyclic) bond motifs is 1. The van der Waals surface area contributed by atoms with Crippen molar-refractivity contribution in [2.45, 2.75) is 44.8 Å². The summed E-state index contributed by atoms with van der Waals surface area (Å²) < 4.78 is 5.28. The van der Waals surface area contributed by atoms with Gasteiger partial charge in [-0.1, -0.05) is 49.6 Å². The average molecular weight is 416 g/mol. The minimum Gasteiger partial charge on any atom is -0.459 e. The zero-order valence-corrected chi connectivity index (χ0v) is 16.9. The van der Waals surface area contributed by atoms with Crippen molar-refractivity contribution in [3.05, 3.63) is 41.0 Å². The Labute approximate surface area is 173 Å². The van der Waals surface area contributed by atoms with Gasteiger partial charge < -0.3 is 10.1 Å². The third-order valence-electron chi connectivity index (χ3n) is 5.93. The van der Waals surface area contributed by atoms with Gasteiger partial charge in [0.05, 0.1) is 5.52 Å². The highest BCUT2D eigenvalue weighted by molar-refractivity contribution is 6.30. The monoisotopic (exact) mass is 415 g/mol. The summed E-state index contributed by atoms with van der Waals surface area (Å²) in [4.78, 5) is 42.9. The summed E-state index contributed by atoms with van der Waals surface area (Å²) in [6, 6.07) is 8.76. The number of rotatable bonds is 4. The molecule has 3 amide bonds. The second-order valence-electron chi connectivity index (χ2n) is 7.73. The van der Waals surface area contributed by atoms with Gasteiger partial charge in [-0.25, -0.2) is 9.78 Å². The van der Waals surface area contributed by atoms with Crippen LogP contribution in [0.4, 0.5) is 4.79 Å². The highest BCUT2D eigenvalue weighted by atomic mass is 35.5. The van der Waals surface area contributed by atoms with Gasteiger partial charge in [-0.2, -0.15) is 0 Å². The lowest BCUT2D eigenvalue weighted by Crippen LogP contribution is -2.54. The zero-order chi connectivity index (χ0) is 20.6. The number of aromatic nitrogens is 1. The number of halogens is 1. The number of benzene rings is 1. The second-order valence-corrected chi connectivity index (χ2v) is 8.09. The van der Waals surface area contributed by atoms with E-state index >= 15 is 0 Å². The molecule has 29 heavy (non-hydrogen) atoms. The van der Waals surface area contributed by atoms with Crippen LogP contribution >= 0.6 is 11.6 Å². The van der Waals surface area contributed by atoms with Crippen molar-refractivity contribution in [3.63, 3.8) is 0 Å². The van der Waals surface area contributed by atoms with Crippen LogP contribution in [-0.2, 0) is 20.9 Å². The van der Waals surface area contributed by atoms with Crippen molar-refractivity contribution in [2.75, 3.05) is 6.54 Å². The summed E-state index contributed by atoms with van der Waals surface area (Å²) in [6.07, 6.45) is 3.39. The van der Waals surface area contributed by atoms with E-state index in [1.807, 2.05) is 37.3 Å². The van der Waals surface area contributed by atoms with Crippen LogP contribution in [0.3, 0.4) is 0 Å². The normalized spacial score (nSPS) is 24.2. The zero-order valence-electron chi connectivity index (χ0n) is 16.1. The molecule has 4 rings (SSSR count). The summed E-state index contributed by atoms with van der Waals surface area (Å²) in [7, 11) is 0. The fourth-order valence-corrected chi connectivity index (χ4v) is 4.41. The summed E-state index contributed by atoms with van der Waals surface area (Å²) in [6.45, 7) is 1.46. The van der Waals surface area contributed by atoms with Crippen LogP contribution in [0, 0.1) is 5.92 Å². The first-order valence-electron chi connectivity index (χ1n) is 9.74. The van der Waals surface area contributed by atoms with E-state index in [4.69, 9.17) is 16.3 Å². The standard InChI is InChI=1S/C21H22ClN3O4/c1-13-6-4-5-9-21(13)19(27)25(20(28)24-21)11-17(26)29-12-15-10-14-7-2-3-8-16(14)23-18(15)22/h2-3,7-8,10,13H,4-6,9,11-12H2,1H3,(H,24,28)/t13-,21-/m0/s1. The molecule has 0 radical (unpaired) electrons. The third-order valence-corrected chi connectivity index (χ3v) is 6.25. The first-order valence-corrected chi connectivity index (χ1v) is 10.1. The maximum Gasteiger partial charge on any atom is 0.326 e. The largest absolute Gasteiger partial charge is 0.459 e. The lowest BCUT2D eigenvalue weighted by atomic mass is 9.73. The molecular formula is C21H22ClN3O4. The molecule has 1 N–H and O–H groups in total. The molecule has 2 fully saturated rings. The van der Waals surface area contributed by atoms with Gasteiger partial charge in [0.2, 0.25) is 0 Å². The van der Waals surface area contributed by atoms with Gasteiger partial charge in [-0.05, 0) is 30.9 Å². The lowest BCUT2D eigenvalue weighted by molar-refractivity contribution is -0.149. The predicted octanol–water partition coefficient (Wildman–Crippen LogP) is 3.43. The Hall–Kier alpha value is -2.67. The maximum absolute atomic E-state index is 12.9. The molecule has 152 valence electrons. The fraction of sp³-hybridized carbons (Fsp3) is 0.429. The molecule has 7 nitrogen and oxygen atoms in total. The number of hydrogen-bond acceptors (Lipinski definition) is 5. The van der Waals surface area contributed by atoms with Crippen LogP contribution in [0.25, 0.3) is 10.9 Å². The topological polar surface area (TPSA) is 88.6 Å². The molecule has 0 bridgehead atoms. The number of hydrogen-bond donors (Lipinski definition) is 1. The molecule has 1 aliphatic carbocycles. The fourth-order valence-electron chi connectivity index (χ4n) is 4.21. The van der Waals surface area contributed by atoms with E-state index in [-0.39, 0.29) is 23.6 Å². The Kier molecular flexibility index (Phi) is 5.17. The van der Waals surface area contributed by atoms with E-state index in [1.165, 1.54) is 0 Å². The number of pyridine rings is 1. The minimum atomic E-state index is -0.888. The summed E-state index contributed by atoms with van der Waals surface area (Å²) in [5, 5.41) is 3.96. The van der Waals surface area contributed by atoms with Gasteiger partial charge in [-0.15, -0.1) is 0 Å². The smallest absolute Gasteiger partial charge is 0.326 e. The SMILES string of the molecule is C[C@H]1CCCC[C@]12NC(=O)N(CC(=O)OCc1cc3ccccc3nc1Cl)C2=O. The number of amides is 3. The number of carbonyl (C=O) groups is 3. The van der Waals surface area contributed by atoms with E-state index < -0.39 is 24.1 Å². The van der Waals surface area contributed by atoms with E-state index in [2.05, 4.69) is 10.3 Å². The highest BCUT2D eigenvalue weighted by Gasteiger charge is 2.55. The molecule has 0 unspecified atom stereocenters. The summed E-state index contributed by atoms with van der Waals surface area (Å²) >= 11 is 6.19. The number of imide groups is 1. The van der Waals surface area contributed by atoms with Gasteiger partial charge >= 0.3 is 12.0 Å². The van der Waals surface area contributed by atoms with Crippen LogP contribution in [0.1, 0.15) is 38.2 Å². The van der Waals surface area contributed by atoms with E-state index in [0.29, 0.717) is 12.0 Å². The molecule has 1 aromatic carbocycles. The highest BCUT2D eigenvalue weighted by Crippen LogP contribution is 2.38. The van der Waals surface area contributed by atoms with Gasteiger partial charge in [0.25, 0.3) is 5.91 Å². The molecule has 2 aromatic rings. The quantitative estimate of drug-likeness (QED) is 0.469. The molecule has 1 aliphatic heterocycles. The molecule has 1 aromatic heterocycles. The summed E-state index contributed by atoms with van der Waals surface area (Å²) in [5.41, 5.74) is 0.424. The van der Waals surface area contributed by atoms with Crippen LogP contribution in [0.2, 0.25) is 5.15 Å². The Balaban J connectivity index is 1.42. The number of carbonyl (C=O) groups excluding carboxylic acids is 3. The Morgan fingerprint density at radius 1 is 1.34 bits per heavy atom. The Morgan fingerprint density at radius 2 is 2.14 bits per heavy atom. The van der Waals surface area contributed by atoms with E-state index in [9.17, 15) is 14.4 Å². The van der Waals surface area contributed by atoms with Crippen molar-refractivity contribution < 1.29 is 19.1 Å². The lowest BCUT2D eigenvalue weighted by Gasteiger charge is -2.36. The molecule has 2 aliphatic rings. The number of para-hydroxylation sites is 1. The minimum absolute atomic E-state index is 0.0381. The maximum atomic E-state index is 12.9. The third kappa shape index (κ3) is 3.55. The number of nitrogens with zero attached hydrogens (tertiary/aromatic N) is 2. The van der Waals surface area contributed by atoms with Crippen LogP contribution < -0.4 is 5.32 Å². The van der Waals surface area contributed by atoms with Crippen molar-refractivity contribution in [1.29, 1.82) is 0 Å². The van der Waals surface area contributed by atoms with Crippen molar-refractivity contribution >= 4 is 40.4 Å². The van der Waals surface area contributed by atoms with Crippen LogP contribution in [0.5, 0.6) is 0 Å². The van der Waals surface area contributed by atoms with Crippen LogP contribution in [-0.4, -0.2) is 39.9 Å². The molecule has 1 saturated carbocycles. The second kappa shape index (κ2) is 7.63. The first-order chi connectivity index (χ1) is 13.9. The van der Waals surface area contributed by atoms with Gasteiger partial charge in [0.15, 0.2) is 0 Å². The first kappa shape index (κ1) is 19.6. The number of nitrogens with one attached hydrogen (secondary N) is 1. The predicted molar refractivity (Wildman–Crippen MR) is 107 cm³/mol. The molecular weight excluding hydrogens is 394 g/mol. The van der Waals surface area contributed by atoms with E-state index in [1.54, 1.807) is 0 Å². The van der Waals surface area contributed by atoms with Gasteiger partial charge in [0.1, 0.15) is 23.8 Å². The molecule has 2 atom stereocenters. The molecule has 8 heteroatoms. The molecule has 1 spiro atoms. The number of ether oxygens (including phenoxy) is 1. The Morgan fingerprint density at radius 3 is 2.93 bits per heavy atom.